The molecule has 2 fully saturated rings. The highest BCUT2D eigenvalue weighted by Gasteiger charge is 2.39. The van der Waals surface area contributed by atoms with Gasteiger partial charge in [0.05, 0.1) is 23.0 Å². The van der Waals surface area contributed by atoms with Gasteiger partial charge in [0.15, 0.2) is 0 Å². The molecule has 0 radical (unpaired) electrons. The van der Waals surface area contributed by atoms with Crippen molar-refractivity contribution < 1.29 is 18.3 Å². The zero-order valence-electron chi connectivity index (χ0n) is 23.3. The van der Waals surface area contributed by atoms with Gasteiger partial charge in [0.2, 0.25) is 9.84 Å². The van der Waals surface area contributed by atoms with Crippen LogP contribution in [0, 0.1) is 6.92 Å². The van der Waals surface area contributed by atoms with Gasteiger partial charge in [0.25, 0.3) is 0 Å². The summed E-state index contributed by atoms with van der Waals surface area (Å²) in [5, 5.41) is 12.3. The lowest BCUT2D eigenvalue weighted by Crippen LogP contribution is -2.35. The Morgan fingerprint density at radius 3 is 2.55 bits per heavy atom. The monoisotopic (exact) mass is 600 g/mol. The van der Waals surface area contributed by atoms with Crippen LogP contribution < -0.4 is 0 Å². The molecule has 10 heteroatoms. The Hall–Kier alpha value is -3.41. The largest absolute Gasteiger partial charge is 0.383 e. The Balaban J connectivity index is 1.23. The fourth-order valence-corrected chi connectivity index (χ4v) is 8.29. The molecule has 1 aliphatic heterocycles. The molecule has 1 saturated heterocycles. The van der Waals surface area contributed by atoms with E-state index >= 15 is 0 Å². The van der Waals surface area contributed by atoms with Crippen LogP contribution in [-0.2, 0) is 26.7 Å². The van der Waals surface area contributed by atoms with Gasteiger partial charge < -0.3 is 14.8 Å². The van der Waals surface area contributed by atoms with Crippen molar-refractivity contribution in [3.05, 3.63) is 83.1 Å². The molecule has 2 N–H and O–H groups in total. The first-order valence-corrected chi connectivity index (χ1v) is 16.5. The summed E-state index contributed by atoms with van der Waals surface area (Å²) in [5.41, 5.74) is 4.17. The molecule has 0 spiro atoms. The average Bonchev–Trinajstić information content (AvgIpc) is 3.65. The number of aromatic amines is 1. The molecule has 0 amide bonds. The number of fused-ring (bicyclic) bond motifs is 1. The Labute approximate surface area is 249 Å². The molecule has 3 aromatic heterocycles. The van der Waals surface area contributed by atoms with Crippen LogP contribution in [0.4, 0.5) is 0 Å². The minimum absolute atomic E-state index is 0.0915. The number of ether oxygens (including phenoxy) is 1. The number of pyridine rings is 1. The molecule has 2 aliphatic rings. The number of aromatic nitrogens is 3. The van der Waals surface area contributed by atoms with Gasteiger partial charge in [-0.1, -0.05) is 42.0 Å². The highest BCUT2D eigenvalue weighted by molar-refractivity contribution is 7.91. The Kier molecular flexibility index (Phi) is 6.99. The maximum Gasteiger partial charge on any atom is 0.222 e. The summed E-state index contributed by atoms with van der Waals surface area (Å²) in [6, 6.07) is 17.1. The topological polar surface area (TPSA) is 108 Å². The summed E-state index contributed by atoms with van der Waals surface area (Å²) in [6.07, 6.45) is 5.84. The molecule has 4 heterocycles. The zero-order valence-corrected chi connectivity index (χ0v) is 25.0. The summed E-state index contributed by atoms with van der Waals surface area (Å²) < 4.78 is 33.8. The number of nitrogens with one attached hydrogen (secondary N) is 1. The van der Waals surface area contributed by atoms with E-state index in [1.165, 1.54) is 16.9 Å². The lowest BCUT2D eigenvalue weighted by molar-refractivity contribution is -0.0389. The van der Waals surface area contributed by atoms with E-state index in [1.54, 1.807) is 24.5 Å². The summed E-state index contributed by atoms with van der Waals surface area (Å²) in [7, 11) is -3.91. The van der Waals surface area contributed by atoms with E-state index in [0.29, 0.717) is 34.4 Å². The van der Waals surface area contributed by atoms with Crippen LogP contribution in [0.1, 0.15) is 35.4 Å². The third-order valence-electron chi connectivity index (χ3n) is 8.35. The molecular formula is C32H32N4O4S2. The van der Waals surface area contributed by atoms with Crippen LogP contribution in [0.2, 0.25) is 0 Å². The molecule has 42 heavy (non-hydrogen) atoms. The zero-order chi connectivity index (χ0) is 28.9. The molecule has 0 bridgehead atoms. The van der Waals surface area contributed by atoms with E-state index in [9.17, 15) is 13.5 Å². The third kappa shape index (κ3) is 4.97. The first kappa shape index (κ1) is 27.4. The molecule has 1 saturated carbocycles. The Morgan fingerprint density at radius 1 is 1.02 bits per heavy atom. The number of nitrogens with zero attached hydrogens (tertiary/aromatic N) is 3. The standard InChI is InChI=1S/C32H32N4O4S2/c1-21-3-8-28(25(17-21)23-6-4-22(5-7-23)20-36-13-15-40-16-14-36)42(38,39)29-18-26-24(9-12-33-30(26)35-29)27-19-34-31(41-27)32(37)10-2-11-32/h3-9,12,17-19,37H,2,10-11,13-16,20H2,1H3,(H,33,35). The van der Waals surface area contributed by atoms with Crippen molar-refractivity contribution in [2.45, 2.75) is 48.3 Å². The summed E-state index contributed by atoms with van der Waals surface area (Å²) >= 11 is 1.45. The van der Waals surface area contributed by atoms with Gasteiger partial charge in [-0.25, -0.2) is 18.4 Å². The number of hydrogen-bond donors (Lipinski definition) is 2. The number of sulfone groups is 1. The van der Waals surface area contributed by atoms with Gasteiger partial charge >= 0.3 is 0 Å². The van der Waals surface area contributed by atoms with Crippen LogP contribution in [0.3, 0.4) is 0 Å². The molecule has 8 nitrogen and oxygen atoms in total. The van der Waals surface area contributed by atoms with Crippen LogP contribution in [0.15, 0.2) is 76.9 Å². The lowest BCUT2D eigenvalue weighted by atomic mass is 9.81. The Bertz CT molecular complexity index is 1870. The SMILES string of the molecule is Cc1ccc(S(=O)(=O)c2cc3c(-c4cnc(C5(O)CCC5)s4)ccnc3[nH]2)c(-c2ccc(CN3CCOCC3)cc2)c1. The lowest BCUT2D eigenvalue weighted by Gasteiger charge is -2.34. The van der Waals surface area contributed by atoms with Gasteiger partial charge in [-0.05, 0) is 55.5 Å². The van der Waals surface area contributed by atoms with Crippen molar-refractivity contribution in [3.8, 4) is 21.6 Å². The molecule has 2 aromatic carbocycles. The van der Waals surface area contributed by atoms with E-state index < -0.39 is 15.4 Å². The number of rotatable bonds is 7. The quantitative estimate of drug-likeness (QED) is 0.247. The van der Waals surface area contributed by atoms with Gasteiger partial charge in [0, 0.05) is 48.5 Å². The fourth-order valence-electron chi connectivity index (χ4n) is 5.73. The van der Waals surface area contributed by atoms with Crippen molar-refractivity contribution in [2.24, 2.45) is 0 Å². The first-order chi connectivity index (χ1) is 20.3. The second kappa shape index (κ2) is 10.7. The van der Waals surface area contributed by atoms with E-state index in [0.717, 1.165) is 60.8 Å². The molecule has 1 aliphatic carbocycles. The number of H-pyrrole nitrogens is 1. The van der Waals surface area contributed by atoms with Crippen molar-refractivity contribution in [2.75, 3.05) is 26.3 Å². The summed E-state index contributed by atoms with van der Waals surface area (Å²) in [4.78, 5) is 15.5. The van der Waals surface area contributed by atoms with E-state index in [1.807, 2.05) is 37.3 Å². The average molecular weight is 601 g/mol. The molecule has 7 rings (SSSR count). The normalized spacial score (nSPS) is 17.4. The second-order valence-electron chi connectivity index (χ2n) is 11.3. The molecule has 5 aromatic rings. The van der Waals surface area contributed by atoms with Gasteiger partial charge in [-0.15, -0.1) is 11.3 Å². The minimum Gasteiger partial charge on any atom is -0.383 e. The van der Waals surface area contributed by atoms with Crippen molar-refractivity contribution in [3.63, 3.8) is 0 Å². The summed E-state index contributed by atoms with van der Waals surface area (Å²) in [6.45, 7) is 6.14. The fraction of sp³-hybridized carbons (Fsp3) is 0.312. The number of morpholine rings is 1. The van der Waals surface area contributed by atoms with E-state index in [2.05, 4.69) is 32.0 Å². The van der Waals surface area contributed by atoms with Crippen LogP contribution in [-0.4, -0.2) is 59.7 Å². The Morgan fingerprint density at radius 2 is 1.81 bits per heavy atom. The number of aryl methyl sites for hydroxylation is 1. The van der Waals surface area contributed by atoms with Crippen LogP contribution >= 0.6 is 11.3 Å². The maximum atomic E-state index is 14.1. The second-order valence-corrected chi connectivity index (χ2v) is 14.2. The van der Waals surface area contributed by atoms with Gasteiger partial charge in [-0.2, -0.15) is 0 Å². The van der Waals surface area contributed by atoms with Gasteiger partial charge in [0.1, 0.15) is 21.3 Å². The van der Waals surface area contributed by atoms with Crippen molar-refractivity contribution in [1.82, 2.24) is 19.9 Å². The van der Waals surface area contributed by atoms with Crippen molar-refractivity contribution in [1.29, 1.82) is 0 Å². The molecular weight excluding hydrogens is 569 g/mol. The van der Waals surface area contributed by atoms with E-state index in [-0.39, 0.29) is 9.92 Å². The smallest absolute Gasteiger partial charge is 0.222 e. The number of hydrogen-bond acceptors (Lipinski definition) is 8. The third-order valence-corrected chi connectivity index (χ3v) is 11.3. The number of benzene rings is 2. The predicted molar refractivity (Wildman–Crippen MR) is 163 cm³/mol. The van der Waals surface area contributed by atoms with Crippen molar-refractivity contribution >= 4 is 32.2 Å². The van der Waals surface area contributed by atoms with Gasteiger partial charge in [-0.3, -0.25) is 4.90 Å². The highest BCUT2D eigenvalue weighted by Crippen LogP contribution is 2.45. The molecule has 0 unspecified atom stereocenters. The van der Waals surface area contributed by atoms with Crippen LogP contribution in [0.25, 0.3) is 32.6 Å². The predicted octanol–water partition coefficient (Wildman–Crippen LogP) is 5.70. The molecule has 216 valence electrons. The van der Waals surface area contributed by atoms with E-state index in [4.69, 9.17) is 4.74 Å². The van der Waals surface area contributed by atoms with Crippen LogP contribution in [0.5, 0.6) is 0 Å². The first-order valence-electron chi connectivity index (χ1n) is 14.2. The number of thiazole rings is 1. The number of aliphatic hydroxyl groups is 1. The maximum absolute atomic E-state index is 14.1. The minimum atomic E-state index is -3.91. The highest BCUT2D eigenvalue weighted by atomic mass is 32.2. The summed E-state index contributed by atoms with van der Waals surface area (Å²) in [5.74, 6) is 0. The molecule has 0 atom stereocenters.